The van der Waals surface area contributed by atoms with E-state index < -0.39 is 4.92 Å². The molecular formula is C12H18N4O3. The van der Waals surface area contributed by atoms with Gasteiger partial charge in [0.25, 0.3) is 5.69 Å². The van der Waals surface area contributed by atoms with E-state index in [0.717, 1.165) is 32.6 Å². The van der Waals surface area contributed by atoms with Crippen LogP contribution in [0.25, 0.3) is 0 Å². The van der Waals surface area contributed by atoms with Crippen LogP contribution in [-0.2, 0) is 4.74 Å². The molecule has 0 aromatic carbocycles. The summed E-state index contributed by atoms with van der Waals surface area (Å²) in [6.07, 6.45) is 2.16. The molecule has 2 rings (SSSR count). The van der Waals surface area contributed by atoms with Crippen LogP contribution in [0.5, 0.6) is 0 Å². The third-order valence-corrected chi connectivity index (χ3v) is 3.20. The lowest BCUT2D eigenvalue weighted by Crippen LogP contribution is -2.31. The minimum atomic E-state index is -0.459. The van der Waals surface area contributed by atoms with Gasteiger partial charge in [-0.1, -0.05) is 0 Å². The third-order valence-electron chi connectivity index (χ3n) is 3.20. The van der Waals surface area contributed by atoms with Crippen molar-refractivity contribution in [2.24, 2.45) is 5.92 Å². The number of hydrogen-bond donors (Lipinski definition) is 1. The first-order chi connectivity index (χ1) is 9.06. The smallest absolute Gasteiger partial charge is 0.276 e. The number of hydrogen-bond acceptors (Lipinski definition) is 6. The number of nitro groups is 1. The molecule has 1 aromatic rings. The molecule has 1 aliphatic rings. The summed E-state index contributed by atoms with van der Waals surface area (Å²) in [6.45, 7) is 2.31. The quantitative estimate of drug-likeness (QED) is 0.654. The fourth-order valence-corrected chi connectivity index (χ4v) is 2.26. The third kappa shape index (κ3) is 3.54. The summed E-state index contributed by atoms with van der Waals surface area (Å²) < 4.78 is 5.42. The van der Waals surface area contributed by atoms with Crippen molar-refractivity contribution in [3.63, 3.8) is 0 Å². The first-order valence-corrected chi connectivity index (χ1v) is 6.27. The molecule has 1 fully saturated rings. The van der Waals surface area contributed by atoms with Crippen LogP contribution < -0.4 is 10.6 Å². The van der Waals surface area contributed by atoms with Gasteiger partial charge in [-0.2, -0.15) is 0 Å². The monoisotopic (exact) mass is 266 g/mol. The lowest BCUT2D eigenvalue weighted by Gasteiger charge is -2.27. The van der Waals surface area contributed by atoms with E-state index in [1.54, 1.807) is 0 Å². The molecule has 0 spiro atoms. The highest BCUT2D eigenvalue weighted by Crippen LogP contribution is 2.23. The minimum absolute atomic E-state index is 0.0331. The molecule has 104 valence electrons. The number of rotatable bonds is 4. The summed E-state index contributed by atoms with van der Waals surface area (Å²) in [5, 5.41) is 10.8. The second-order valence-electron chi connectivity index (χ2n) is 4.83. The van der Waals surface area contributed by atoms with Gasteiger partial charge in [-0.25, -0.2) is 4.98 Å². The molecule has 1 saturated heterocycles. The molecule has 0 saturated carbocycles. The van der Waals surface area contributed by atoms with Gasteiger partial charge < -0.3 is 15.4 Å². The summed E-state index contributed by atoms with van der Waals surface area (Å²) in [7, 11) is 1.86. The molecular weight excluding hydrogens is 248 g/mol. The van der Waals surface area contributed by atoms with Gasteiger partial charge in [0.1, 0.15) is 11.6 Å². The van der Waals surface area contributed by atoms with Gasteiger partial charge in [-0.05, 0) is 18.8 Å². The van der Waals surface area contributed by atoms with Gasteiger partial charge in [0.2, 0.25) is 0 Å². The number of nitrogens with zero attached hydrogens (tertiary/aromatic N) is 3. The van der Waals surface area contributed by atoms with E-state index in [1.165, 1.54) is 12.1 Å². The van der Waals surface area contributed by atoms with Gasteiger partial charge in [0.15, 0.2) is 0 Å². The average molecular weight is 266 g/mol. The van der Waals surface area contributed by atoms with Crippen LogP contribution in [-0.4, -0.2) is 36.7 Å². The highest BCUT2D eigenvalue weighted by Gasteiger charge is 2.18. The normalized spacial score (nSPS) is 19.1. The topological polar surface area (TPSA) is 94.5 Å². The van der Waals surface area contributed by atoms with Crippen LogP contribution >= 0.6 is 0 Å². The molecule has 1 aliphatic heterocycles. The van der Waals surface area contributed by atoms with E-state index in [0.29, 0.717) is 11.7 Å². The van der Waals surface area contributed by atoms with E-state index in [4.69, 9.17) is 10.5 Å². The SMILES string of the molecule is CN(CC1CCCOC1)c1cc([N+](=O)[O-])cc(N)n1. The fourth-order valence-electron chi connectivity index (χ4n) is 2.26. The zero-order valence-electron chi connectivity index (χ0n) is 10.9. The first-order valence-electron chi connectivity index (χ1n) is 6.27. The van der Waals surface area contributed by atoms with Crippen molar-refractivity contribution < 1.29 is 9.66 Å². The Morgan fingerprint density at radius 1 is 1.63 bits per heavy atom. The van der Waals surface area contributed by atoms with E-state index in [9.17, 15) is 10.1 Å². The molecule has 0 amide bonds. The van der Waals surface area contributed by atoms with Crippen LogP contribution in [0.1, 0.15) is 12.8 Å². The maximum atomic E-state index is 10.8. The molecule has 0 radical (unpaired) electrons. The molecule has 0 bridgehead atoms. The Labute approximate surface area is 111 Å². The van der Waals surface area contributed by atoms with Crippen molar-refractivity contribution in [1.29, 1.82) is 0 Å². The summed E-state index contributed by atoms with van der Waals surface area (Å²) in [4.78, 5) is 16.4. The number of anilines is 2. The van der Waals surface area contributed by atoms with Crippen LogP contribution in [0.4, 0.5) is 17.3 Å². The molecule has 19 heavy (non-hydrogen) atoms. The molecule has 1 unspecified atom stereocenters. The van der Waals surface area contributed by atoms with Crippen LogP contribution in [0, 0.1) is 16.0 Å². The minimum Gasteiger partial charge on any atom is -0.383 e. The second-order valence-corrected chi connectivity index (χ2v) is 4.83. The Hall–Kier alpha value is -1.89. The van der Waals surface area contributed by atoms with Crippen molar-refractivity contribution >= 4 is 17.3 Å². The van der Waals surface area contributed by atoms with E-state index in [2.05, 4.69) is 4.98 Å². The zero-order chi connectivity index (χ0) is 13.8. The molecule has 2 heterocycles. The Bertz CT molecular complexity index is 460. The van der Waals surface area contributed by atoms with E-state index >= 15 is 0 Å². The standard InChI is InChI=1S/C12H18N4O3/c1-15(7-9-3-2-4-19-8-9)12-6-10(16(17)18)5-11(13)14-12/h5-6,9H,2-4,7-8H2,1H3,(H2,13,14). The van der Waals surface area contributed by atoms with E-state index in [1.807, 2.05) is 11.9 Å². The summed E-state index contributed by atoms with van der Waals surface area (Å²) in [6, 6.07) is 2.71. The van der Waals surface area contributed by atoms with Crippen LogP contribution in [0.3, 0.4) is 0 Å². The van der Waals surface area contributed by atoms with Crippen LogP contribution in [0.2, 0.25) is 0 Å². The highest BCUT2D eigenvalue weighted by atomic mass is 16.6. The fraction of sp³-hybridized carbons (Fsp3) is 0.583. The van der Waals surface area contributed by atoms with Gasteiger partial charge >= 0.3 is 0 Å². The number of nitrogens with two attached hydrogens (primary N) is 1. The Balaban J connectivity index is 2.09. The van der Waals surface area contributed by atoms with Gasteiger partial charge in [-0.15, -0.1) is 0 Å². The molecule has 7 heteroatoms. The predicted molar refractivity (Wildman–Crippen MR) is 72.1 cm³/mol. The average Bonchev–Trinajstić information content (AvgIpc) is 2.39. The first kappa shape index (κ1) is 13.5. The molecule has 0 aliphatic carbocycles. The molecule has 7 nitrogen and oxygen atoms in total. The molecule has 2 N–H and O–H groups in total. The Morgan fingerprint density at radius 3 is 3.05 bits per heavy atom. The lowest BCUT2D eigenvalue weighted by molar-refractivity contribution is -0.384. The highest BCUT2D eigenvalue weighted by molar-refractivity contribution is 5.53. The van der Waals surface area contributed by atoms with Gasteiger partial charge in [0.05, 0.1) is 23.7 Å². The second kappa shape index (κ2) is 5.83. The summed E-state index contributed by atoms with van der Waals surface area (Å²) >= 11 is 0. The number of pyridine rings is 1. The van der Waals surface area contributed by atoms with Crippen LogP contribution in [0.15, 0.2) is 12.1 Å². The summed E-state index contributed by atoms with van der Waals surface area (Å²) in [5.74, 6) is 1.12. The van der Waals surface area contributed by atoms with Crippen molar-refractivity contribution in [3.8, 4) is 0 Å². The molecule has 1 atom stereocenters. The largest absolute Gasteiger partial charge is 0.383 e. The Morgan fingerprint density at radius 2 is 2.42 bits per heavy atom. The van der Waals surface area contributed by atoms with Crippen molar-refractivity contribution in [3.05, 3.63) is 22.2 Å². The van der Waals surface area contributed by atoms with E-state index in [-0.39, 0.29) is 11.5 Å². The van der Waals surface area contributed by atoms with Gasteiger partial charge in [0, 0.05) is 20.2 Å². The van der Waals surface area contributed by atoms with Crippen molar-refractivity contribution in [1.82, 2.24) is 4.98 Å². The lowest BCUT2D eigenvalue weighted by atomic mass is 10.0. The maximum Gasteiger partial charge on any atom is 0.276 e. The number of ether oxygens (including phenoxy) is 1. The maximum absolute atomic E-state index is 10.8. The predicted octanol–water partition coefficient (Wildman–Crippen LogP) is 1.43. The van der Waals surface area contributed by atoms with Crippen molar-refractivity contribution in [2.75, 3.05) is 37.4 Å². The van der Waals surface area contributed by atoms with Crippen molar-refractivity contribution in [2.45, 2.75) is 12.8 Å². The number of nitrogen functional groups attached to an aromatic ring is 1. The Kier molecular flexibility index (Phi) is 4.16. The number of aromatic nitrogens is 1. The summed E-state index contributed by atoms with van der Waals surface area (Å²) in [5.41, 5.74) is 5.57. The van der Waals surface area contributed by atoms with Gasteiger partial charge in [-0.3, -0.25) is 10.1 Å². The molecule has 1 aromatic heterocycles. The zero-order valence-corrected chi connectivity index (χ0v) is 10.9.